The summed E-state index contributed by atoms with van der Waals surface area (Å²) in [5, 5.41) is 4.49. The van der Waals surface area contributed by atoms with Crippen molar-refractivity contribution in [3.63, 3.8) is 0 Å². The van der Waals surface area contributed by atoms with Crippen molar-refractivity contribution in [1.29, 1.82) is 0 Å². The van der Waals surface area contributed by atoms with E-state index in [1.54, 1.807) is 48.5 Å². The highest BCUT2D eigenvalue weighted by Gasteiger charge is 2.27. The third-order valence-electron chi connectivity index (χ3n) is 4.85. The summed E-state index contributed by atoms with van der Waals surface area (Å²) in [4.78, 5) is 27.2. The molecule has 0 atom stereocenters. The van der Waals surface area contributed by atoms with E-state index in [4.69, 9.17) is 23.2 Å². The summed E-state index contributed by atoms with van der Waals surface area (Å²) < 4.78 is 0. The number of rotatable bonds is 4. The van der Waals surface area contributed by atoms with Gasteiger partial charge >= 0.3 is 0 Å². The van der Waals surface area contributed by atoms with Crippen LogP contribution in [0.15, 0.2) is 48.5 Å². The Morgan fingerprint density at radius 3 is 2.39 bits per heavy atom. The van der Waals surface area contributed by atoms with Crippen LogP contribution in [0.1, 0.15) is 49.6 Å². The van der Waals surface area contributed by atoms with Crippen LogP contribution in [0.25, 0.3) is 0 Å². The Bertz CT molecular complexity index is 1060. The highest BCUT2D eigenvalue weighted by atomic mass is 35.5. The molecular formula is C22H17Cl2NO2S. The van der Waals surface area contributed by atoms with Gasteiger partial charge < -0.3 is 5.32 Å². The van der Waals surface area contributed by atoms with Crippen molar-refractivity contribution in [2.24, 2.45) is 0 Å². The lowest BCUT2D eigenvalue weighted by Crippen LogP contribution is -2.15. The van der Waals surface area contributed by atoms with Crippen LogP contribution in [-0.2, 0) is 12.8 Å². The Kier molecular flexibility index (Phi) is 5.54. The maximum absolute atomic E-state index is 13.3. The molecule has 0 bridgehead atoms. The first-order valence-corrected chi connectivity index (χ1v) is 10.6. The molecule has 3 aromatic rings. The van der Waals surface area contributed by atoms with Crippen LogP contribution in [0.2, 0.25) is 10.0 Å². The third kappa shape index (κ3) is 3.72. The molecule has 0 spiro atoms. The van der Waals surface area contributed by atoms with Crippen LogP contribution in [0, 0.1) is 0 Å². The fourth-order valence-corrected chi connectivity index (χ4v) is 5.08. The highest BCUT2D eigenvalue weighted by Crippen LogP contribution is 2.39. The van der Waals surface area contributed by atoms with Gasteiger partial charge in [0.1, 0.15) is 5.00 Å². The molecule has 142 valence electrons. The molecule has 1 amide bonds. The highest BCUT2D eigenvalue weighted by molar-refractivity contribution is 7.17. The number of aryl methyl sites for hydroxylation is 1. The second-order valence-corrected chi connectivity index (χ2v) is 8.63. The quantitative estimate of drug-likeness (QED) is 0.486. The normalized spacial score (nSPS) is 13.1. The number of ketones is 1. The molecule has 1 aliphatic rings. The molecule has 4 rings (SSSR count). The van der Waals surface area contributed by atoms with Gasteiger partial charge in [-0.3, -0.25) is 9.59 Å². The van der Waals surface area contributed by atoms with E-state index in [2.05, 4.69) is 5.32 Å². The fraction of sp³-hybridized carbons (Fsp3) is 0.182. The van der Waals surface area contributed by atoms with Crippen LogP contribution < -0.4 is 5.32 Å². The second-order valence-electron chi connectivity index (χ2n) is 6.69. The molecule has 0 radical (unpaired) electrons. The number of carbonyl (C=O) groups excluding carboxylic acids is 2. The molecule has 0 saturated carbocycles. The Morgan fingerprint density at radius 1 is 0.929 bits per heavy atom. The molecule has 28 heavy (non-hydrogen) atoms. The van der Waals surface area contributed by atoms with Crippen molar-refractivity contribution in [2.45, 2.75) is 25.7 Å². The zero-order chi connectivity index (χ0) is 19.7. The number of fused-ring (bicyclic) bond motifs is 1. The number of thiophene rings is 1. The minimum atomic E-state index is -0.311. The lowest BCUT2D eigenvalue weighted by Gasteiger charge is -2.13. The number of carbonyl (C=O) groups is 2. The molecule has 0 saturated heterocycles. The Labute approximate surface area is 177 Å². The van der Waals surface area contributed by atoms with E-state index in [9.17, 15) is 9.59 Å². The molecule has 1 aliphatic carbocycles. The van der Waals surface area contributed by atoms with Gasteiger partial charge in [0.2, 0.25) is 0 Å². The maximum atomic E-state index is 13.3. The van der Waals surface area contributed by atoms with Gasteiger partial charge in [0.25, 0.3) is 5.91 Å². The molecular weight excluding hydrogens is 413 g/mol. The van der Waals surface area contributed by atoms with Gasteiger partial charge in [0.05, 0.1) is 16.1 Å². The molecule has 2 aromatic carbocycles. The number of anilines is 1. The number of amides is 1. The van der Waals surface area contributed by atoms with Gasteiger partial charge in [-0.25, -0.2) is 0 Å². The van der Waals surface area contributed by atoms with Crippen LogP contribution in [0.5, 0.6) is 0 Å². The average molecular weight is 430 g/mol. The molecule has 0 aliphatic heterocycles. The molecule has 1 heterocycles. The summed E-state index contributed by atoms with van der Waals surface area (Å²) in [5.74, 6) is -0.403. The zero-order valence-electron chi connectivity index (χ0n) is 14.9. The predicted molar refractivity (Wildman–Crippen MR) is 115 cm³/mol. The smallest absolute Gasteiger partial charge is 0.257 e. The lowest BCUT2D eigenvalue weighted by molar-refractivity contribution is 0.102. The van der Waals surface area contributed by atoms with Crippen molar-refractivity contribution in [1.82, 2.24) is 0 Å². The summed E-state index contributed by atoms with van der Waals surface area (Å²) in [6, 6.07) is 13.7. The Morgan fingerprint density at radius 2 is 1.64 bits per heavy atom. The van der Waals surface area contributed by atoms with Crippen LogP contribution in [0.4, 0.5) is 5.00 Å². The van der Waals surface area contributed by atoms with Crippen molar-refractivity contribution >= 4 is 51.2 Å². The van der Waals surface area contributed by atoms with E-state index in [0.717, 1.165) is 31.2 Å². The predicted octanol–water partition coefficient (Wildman–Crippen LogP) is 6.42. The van der Waals surface area contributed by atoms with Crippen molar-refractivity contribution < 1.29 is 9.59 Å². The van der Waals surface area contributed by atoms with Gasteiger partial charge in [0, 0.05) is 15.5 Å². The van der Waals surface area contributed by atoms with E-state index < -0.39 is 0 Å². The zero-order valence-corrected chi connectivity index (χ0v) is 17.3. The lowest BCUT2D eigenvalue weighted by atomic mass is 9.92. The van der Waals surface area contributed by atoms with Gasteiger partial charge in [0.15, 0.2) is 5.78 Å². The Hall–Kier alpha value is -2.14. The fourth-order valence-electron chi connectivity index (χ4n) is 3.46. The van der Waals surface area contributed by atoms with E-state index in [1.165, 1.54) is 16.2 Å². The minimum absolute atomic E-state index is 0.0921. The number of hydrogen-bond donors (Lipinski definition) is 1. The van der Waals surface area contributed by atoms with E-state index in [-0.39, 0.29) is 11.7 Å². The van der Waals surface area contributed by atoms with E-state index >= 15 is 0 Å². The number of hydrogen-bond acceptors (Lipinski definition) is 3. The number of nitrogens with one attached hydrogen (secondary N) is 1. The summed E-state index contributed by atoms with van der Waals surface area (Å²) in [5.41, 5.74) is 2.61. The summed E-state index contributed by atoms with van der Waals surface area (Å²) in [7, 11) is 0. The monoisotopic (exact) mass is 429 g/mol. The first-order valence-electron chi connectivity index (χ1n) is 9.05. The summed E-state index contributed by atoms with van der Waals surface area (Å²) in [6.45, 7) is 0. The van der Waals surface area contributed by atoms with E-state index in [1.807, 2.05) is 0 Å². The molecule has 6 heteroatoms. The third-order valence-corrected chi connectivity index (χ3v) is 6.64. The number of halogens is 2. The molecule has 0 fully saturated rings. The number of benzene rings is 2. The van der Waals surface area contributed by atoms with E-state index in [0.29, 0.717) is 31.7 Å². The standard InChI is InChI=1S/C22H17Cl2NO2S/c23-14-11-9-13(10-12-14)20(26)19-16-6-2-4-8-18(16)28-22(19)25-21(27)15-5-1-3-7-17(15)24/h1,3,5,7,9-12H,2,4,6,8H2,(H,25,27). The SMILES string of the molecule is O=C(Nc1sc2c(c1C(=O)c1ccc(Cl)cc1)CCCC2)c1ccccc1Cl. The van der Waals surface area contributed by atoms with Gasteiger partial charge in [-0.15, -0.1) is 11.3 Å². The van der Waals surface area contributed by atoms with Crippen LogP contribution >= 0.6 is 34.5 Å². The van der Waals surface area contributed by atoms with Crippen molar-refractivity contribution in [2.75, 3.05) is 5.32 Å². The second kappa shape index (κ2) is 8.08. The van der Waals surface area contributed by atoms with Crippen molar-refractivity contribution in [3.05, 3.63) is 85.7 Å². The minimum Gasteiger partial charge on any atom is -0.313 e. The first-order chi connectivity index (χ1) is 13.5. The van der Waals surface area contributed by atoms with Crippen molar-refractivity contribution in [3.8, 4) is 0 Å². The average Bonchev–Trinajstić information content (AvgIpc) is 3.06. The summed E-state index contributed by atoms with van der Waals surface area (Å²) in [6.07, 6.45) is 3.92. The van der Waals surface area contributed by atoms with Gasteiger partial charge in [-0.1, -0.05) is 35.3 Å². The van der Waals surface area contributed by atoms with Crippen LogP contribution in [-0.4, -0.2) is 11.7 Å². The maximum Gasteiger partial charge on any atom is 0.257 e. The van der Waals surface area contributed by atoms with Gasteiger partial charge in [-0.2, -0.15) is 0 Å². The first kappa shape index (κ1) is 19.2. The Balaban J connectivity index is 1.74. The van der Waals surface area contributed by atoms with Crippen LogP contribution in [0.3, 0.4) is 0 Å². The largest absolute Gasteiger partial charge is 0.313 e. The molecule has 0 unspecified atom stereocenters. The molecule has 3 nitrogen and oxygen atoms in total. The molecule has 1 N–H and O–H groups in total. The summed E-state index contributed by atoms with van der Waals surface area (Å²) >= 11 is 13.6. The topological polar surface area (TPSA) is 46.2 Å². The van der Waals surface area contributed by atoms with Gasteiger partial charge in [-0.05, 0) is 67.6 Å². The molecule has 1 aromatic heterocycles.